The van der Waals surface area contributed by atoms with Gasteiger partial charge < -0.3 is 15.8 Å². The molecular weight excluding hydrogens is 508 g/mol. The normalized spacial score (nSPS) is 11.3. The van der Waals surface area contributed by atoms with E-state index < -0.39 is 22.8 Å². The molecule has 38 heavy (non-hydrogen) atoms. The Labute approximate surface area is 226 Å². The Morgan fingerprint density at radius 2 is 1.79 bits per heavy atom. The number of Topliss-reactive ketones (excluding diaryl/α,β-unsaturated/α-hetero) is 1. The van der Waals surface area contributed by atoms with Crippen LogP contribution >= 0.6 is 11.6 Å². The fraction of sp³-hybridized carbons (Fsp3) is 0.357. The van der Waals surface area contributed by atoms with Gasteiger partial charge in [-0.3, -0.25) is 23.9 Å². The van der Waals surface area contributed by atoms with Crippen LogP contribution in [-0.4, -0.2) is 33.6 Å². The molecule has 3 N–H and O–H groups in total. The second-order valence-electron chi connectivity index (χ2n) is 9.83. The summed E-state index contributed by atoms with van der Waals surface area (Å²) in [6, 6.07) is 13.8. The number of hydrogen-bond acceptors (Lipinski definition) is 5. The first-order valence-electron chi connectivity index (χ1n) is 12.3. The number of rotatable bonds is 12. The summed E-state index contributed by atoms with van der Waals surface area (Å²) in [5.74, 6) is -0.707. The van der Waals surface area contributed by atoms with E-state index in [2.05, 4.69) is 5.32 Å². The van der Waals surface area contributed by atoms with Crippen molar-refractivity contribution in [1.82, 2.24) is 9.36 Å². The minimum atomic E-state index is -0.632. The van der Waals surface area contributed by atoms with Crippen LogP contribution in [0.1, 0.15) is 56.1 Å². The maximum absolute atomic E-state index is 13.3. The van der Waals surface area contributed by atoms with Crippen LogP contribution in [0.2, 0.25) is 5.02 Å². The molecule has 9 nitrogen and oxygen atoms in total. The van der Waals surface area contributed by atoms with Gasteiger partial charge in [0.25, 0.3) is 5.56 Å². The summed E-state index contributed by atoms with van der Waals surface area (Å²) < 4.78 is 8.45. The van der Waals surface area contributed by atoms with Crippen molar-refractivity contribution in [2.45, 2.75) is 46.5 Å². The fourth-order valence-electron chi connectivity index (χ4n) is 4.30. The number of para-hydroxylation sites is 1. The maximum Gasteiger partial charge on any atom is 0.295 e. The van der Waals surface area contributed by atoms with E-state index >= 15 is 0 Å². The van der Waals surface area contributed by atoms with E-state index in [-0.39, 0.29) is 30.7 Å². The Bertz CT molecular complexity index is 1390. The van der Waals surface area contributed by atoms with E-state index in [4.69, 9.17) is 22.1 Å². The van der Waals surface area contributed by atoms with Crippen LogP contribution in [0, 0.1) is 5.41 Å². The van der Waals surface area contributed by atoms with E-state index in [1.165, 1.54) is 9.36 Å². The molecule has 0 radical (unpaired) electrons. The monoisotopic (exact) mass is 540 g/mol. The number of amides is 2. The average molecular weight is 541 g/mol. The molecule has 202 valence electrons. The number of benzene rings is 2. The van der Waals surface area contributed by atoms with Crippen LogP contribution in [-0.2, 0) is 23.1 Å². The summed E-state index contributed by atoms with van der Waals surface area (Å²) in [5, 5.41) is 3.14. The second-order valence-corrected chi connectivity index (χ2v) is 10.3. The number of nitrogens with zero attached hydrogens (tertiary/aromatic N) is 2. The molecule has 0 unspecified atom stereocenters. The molecule has 0 atom stereocenters. The second kappa shape index (κ2) is 12.1. The molecule has 0 saturated carbocycles. The summed E-state index contributed by atoms with van der Waals surface area (Å²) >= 11 is 6.09. The lowest BCUT2D eigenvalue weighted by molar-refractivity contribution is -0.119. The quantitative estimate of drug-likeness (QED) is 0.332. The highest BCUT2D eigenvalue weighted by molar-refractivity contribution is 6.31. The molecule has 0 aliphatic carbocycles. The van der Waals surface area contributed by atoms with Gasteiger partial charge in [-0.05, 0) is 49.1 Å². The number of nitrogens with two attached hydrogens (primary N) is 1. The van der Waals surface area contributed by atoms with Crippen LogP contribution in [0.4, 0.5) is 5.69 Å². The number of primary amides is 1. The highest BCUT2D eigenvalue weighted by Gasteiger charge is 2.27. The maximum atomic E-state index is 13.3. The number of anilines is 1. The molecule has 3 rings (SSSR count). The van der Waals surface area contributed by atoms with Gasteiger partial charge in [0.1, 0.15) is 11.4 Å². The minimum absolute atomic E-state index is 0.00677. The highest BCUT2D eigenvalue weighted by Crippen LogP contribution is 2.31. The largest absolute Gasteiger partial charge is 0.493 e. The molecule has 0 aliphatic heterocycles. The molecular formula is C28H33ClN4O5. The van der Waals surface area contributed by atoms with Crippen LogP contribution < -0.4 is 21.3 Å². The highest BCUT2D eigenvalue weighted by atomic mass is 35.5. The topological polar surface area (TPSA) is 125 Å². The average Bonchev–Trinajstić information content (AvgIpc) is 3.07. The van der Waals surface area contributed by atoms with Crippen LogP contribution in [0.5, 0.6) is 5.75 Å². The van der Waals surface area contributed by atoms with Gasteiger partial charge in [0, 0.05) is 24.9 Å². The Hall–Kier alpha value is -3.85. The minimum Gasteiger partial charge on any atom is -0.493 e. The van der Waals surface area contributed by atoms with Crippen LogP contribution in [0.15, 0.2) is 53.3 Å². The molecule has 3 aromatic rings. The molecule has 0 fully saturated rings. The van der Waals surface area contributed by atoms with Gasteiger partial charge in [-0.1, -0.05) is 43.6 Å². The van der Waals surface area contributed by atoms with Crippen molar-refractivity contribution in [1.29, 1.82) is 0 Å². The van der Waals surface area contributed by atoms with Gasteiger partial charge in [-0.25, -0.2) is 4.68 Å². The van der Waals surface area contributed by atoms with Gasteiger partial charge in [-0.2, -0.15) is 0 Å². The zero-order chi connectivity index (χ0) is 28.0. The molecule has 0 bridgehead atoms. The summed E-state index contributed by atoms with van der Waals surface area (Å²) in [5.41, 5.74) is 5.68. The van der Waals surface area contributed by atoms with Crippen molar-refractivity contribution in [2.24, 2.45) is 18.2 Å². The van der Waals surface area contributed by atoms with Gasteiger partial charge in [-0.15, -0.1) is 0 Å². The lowest BCUT2D eigenvalue weighted by Gasteiger charge is -2.23. The first-order valence-corrected chi connectivity index (χ1v) is 12.7. The smallest absolute Gasteiger partial charge is 0.295 e. The molecule has 1 aromatic heterocycles. The first-order chi connectivity index (χ1) is 17.9. The van der Waals surface area contributed by atoms with Crippen molar-refractivity contribution >= 4 is 34.9 Å². The Kier molecular flexibility index (Phi) is 9.17. The zero-order valence-electron chi connectivity index (χ0n) is 22.0. The summed E-state index contributed by atoms with van der Waals surface area (Å²) in [7, 11) is 1.63. The van der Waals surface area contributed by atoms with Gasteiger partial charge >= 0.3 is 0 Å². The van der Waals surface area contributed by atoms with E-state index in [9.17, 15) is 19.2 Å². The number of carbonyl (C=O) groups excluding carboxylic acids is 3. The number of carbonyl (C=O) groups is 3. The Balaban J connectivity index is 1.76. The third kappa shape index (κ3) is 6.92. The Morgan fingerprint density at radius 3 is 2.42 bits per heavy atom. The molecule has 0 spiro atoms. The lowest BCUT2D eigenvalue weighted by Crippen LogP contribution is -2.27. The summed E-state index contributed by atoms with van der Waals surface area (Å²) in [4.78, 5) is 51.0. The van der Waals surface area contributed by atoms with Gasteiger partial charge in [0.15, 0.2) is 5.78 Å². The van der Waals surface area contributed by atoms with Crippen molar-refractivity contribution in [3.8, 4) is 11.4 Å². The van der Waals surface area contributed by atoms with E-state index in [1.54, 1.807) is 49.5 Å². The Morgan fingerprint density at radius 1 is 1.11 bits per heavy atom. The molecule has 2 amide bonds. The predicted molar refractivity (Wildman–Crippen MR) is 147 cm³/mol. The predicted octanol–water partition coefficient (Wildman–Crippen LogP) is 4.27. The molecule has 2 aromatic carbocycles. The standard InChI is InChI=1S/C28H33ClN4O5/c1-5-38-23-12-11-18(29)15-20(23)22(34)13-14-28(2,3)17-25(36)31-26-21(16-24(30)35)32(4)33(27(26)37)19-9-7-6-8-10-19/h6-12,15H,5,13-14,16-17H2,1-4H3,(H2,30,35)(H,31,36). The van der Waals surface area contributed by atoms with Crippen LogP contribution in [0.25, 0.3) is 5.69 Å². The van der Waals surface area contributed by atoms with Crippen molar-refractivity contribution in [2.75, 3.05) is 11.9 Å². The molecule has 0 saturated heterocycles. The van der Waals surface area contributed by atoms with Gasteiger partial charge in [0.2, 0.25) is 11.8 Å². The van der Waals surface area contributed by atoms with Crippen molar-refractivity contribution in [3.63, 3.8) is 0 Å². The zero-order valence-corrected chi connectivity index (χ0v) is 22.8. The number of ketones is 1. The number of ether oxygens (including phenoxy) is 1. The SMILES string of the molecule is CCOc1ccc(Cl)cc1C(=O)CCC(C)(C)CC(=O)Nc1c(CC(N)=O)n(C)n(-c2ccccc2)c1=O. The fourth-order valence-corrected chi connectivity index (χ4v) is 4.47. The third-order valence-electron chi connectivity index (χ3n) is 6.20. The molecule has 0 aliphatic rings. The van der Waals surface area contributed by atoms with Crippen molar-refractivity contribution < 1.29 is 19.1 Å². The first kappa shape index (κ1) is 28.7. The molecule has 10 heteroatoms. The number of aromatic nitrogens is 2. The van der Waals surface area contributed by atoms with E-state index in [0.717, 1.165) is 0 Å². The van der Waals surface area contributed by atoms with E-state index in [0.29, 0.717) is 40.7 Å². The van der Waals surface area contributed by atoms with Crippen LogP contribution in [0.3, 0.4) is 0 Å². The number of nitrogens with one attached hydrogen (secondary N) is 1. The van der Waals surface area contributed by atoms with E-state index in [1.807, 2.05) is 26.8 Å². The lowest BCUT2D eigenvalue weighted by atomic mass is 9.82. The molecule has 1 heterocycles. The number of halogens is 1. The summed E-state index contributed by atoms with van der Waals surface area (Å²) in [6.07, 6.45) is 0.416. The van der Waals surface area contributed by atoms with Crippen molar-refractivity contribution in [3.05, 3.63) is 75.2 Å². The van der Waals surface area contributed by atoms with Gasteiger partial charge in [0.05, 0.1) is 30.0 Å². The number of hydrogen-bond donors (Lipinski definition) is 2. The third-order valence-corrected chi connectivity index (χ3v) is 6.44. The summed E-state index contributed by atoms with van der Waals surface area (Å²) in [6.45, 7) is 6.00.